The van der Waals surface area contributed by atoms with Gasteiger partial charge in [0.2, 0.25) is 0 Å². The van der Waals surface area contributed by atoms with E-state index in [1.807, 2.05) is 0 Å². The van der Waals surface area contributed by atoms with Crippen molar-refractivity contribution in [1.29, 1.82) is 0 Å². The van der Waals surface area contributed by atoms with Gasteiger partial charge in [0.05, 0.1) is 0 Å². The molecule has 0 fully saturated rings. The zero-order valence-electron chi connectivity index (χ0n) is 28.2. The van der Waals surface area contributed by atoms with Gasteiger partial charge < -0.3 is 10.2 Å². The minimum atomic E-state index is 1.03. The molecule has 0 aliphatic carbocycles. The fourth-order valence-electron chi connectivity index (χ4n) is 5.81. The van der Waals surface area contributed by atoms with E-state index in [1.165, 1.54) is 193 Å². The molecule has 0 heterocycles. The van der Waals surface area contributed by atoms with E-state index in [-0.39, 0.29) is 0 Å². The van der Waals surface area contributed by atoms with Crippen molar-refractivity contribution in [2.45, 2.75) is 213 Å². The van der Waals surface area contributed by atoms with Crippen LogP contribution in [0.5, 0.6) is 0 Å². The van der Waals surface area contributed by atoms with Crippen LogP contribution < -0.4 is 5.32 Å². The van der Waals surface area contributed by atoms with E-state index >= 15 is 0 Å². The molecule has 1 N–H and O–H groups in total. The lowest BCUT2D eigenvalue weighted by molar-refractivity contribution is 0.377. The van der Waals surface area contributed by atoms with Crippen LogP contribution in [0, 0.1) is 0 Å². The summed E-state index contributed by atoms with van der Waals surface area (Å²) in [5.74, 6) is 0. The van der Waals surface area contributed by atoms with Crippen molar-refractivity contribution in [3.05, 3.63) is 0 Å². The van der Waals surface area contributed by atoms with E-state index in [0.717, 1.165) is 24.7 Å². The molecule has 40 heavy (non-hydrogen) atoms. The number of nitrogens with one attached hydrogen (secondary N) is 1. The standard InChI is InChI=1S/C37H76N2S/c1-4-7-10-13-16-19-22-25-28-31-34-38-37(40)39(35-32-29-26-23-20-17-14-11-8-5-2)36-33-30-27-24-21-18-15-12-9-6-3/h4-36H2,1-3H3,(H,38,40). The summed E-state index contributed by atoms with van der Waals surface area (Å²) < 4.78 is 0. The molecule has 0 saturated heterocycles. The molecule has 0 spiro atoms. The van der Waals surface area contributed by atoms with Gasteiger partial charge >= 0.3 is 0 Å². The Kier molecular flexibility index (Phi) is 34.6. The molecular formula is C37H76N2S. The number of rotatable bonds is 33. The Morgan fingerprint density at radius 1 is 0.375 bits per heavy atom. The maximum Gasteiger partial charge on any atom is 0.168 e. The molecule has 0 atom stereocenters. The summed E-state index contributed by atoms with van der Waals surface area (Å²) in [5.41, 5.74) is 0. The maximum atomic E-state index is 5.90. The van der Waals surface area contributed by atoms with Crippen LogP contribution in [0.4, 0.5) is 0 Å². The van der Waals surface area contributed by atoms with Crippen LogP contribution in [0.15, 0.2) is 0 Å². The Balaban J connectivity index is 4.05. The van der Waals surface area contributed by atoms with Crippen molar-refractivity contribution in [2.24, 2.45) is 0 Å². The molecule has 0 bridgehead atoms. The van der Waals surface area contributed by atoms with Gasteiger partial charge in [-0.2, -0.15) is 0 Å². The Bertz CT molecular complexity index is 457. The topological polar surface area (TPSA) is 15.3 Å². The predicted molar refractivity (Wildman–Crippen MR) is 188 cm³/mol. The first-order chi connectivity index (χ1) is 19.8. The van der Waals surface area contributed by atoms with Gasteiger partial charge in [0.15, 0.2) is 5.11 Å². The van der Waals surface area contributed by atoms with Crippen LogP contribution in [0.3, 0.4) is 0 Å². The molecular weight excluding hydrogens is 504 g/mol. The maximum absolute atomic E-state index is 5.90. The summed E-state index contributed by atoms with van der Waals surface area (Å²) in [6, 6.07) is 0. The summed E-state index contributed by atoms with van der Waals surface area (Å²) in [7, 11) is 0. The second-order valence-electron chi connectivity index (χ2n) is 12.8. The lowest BCUT2D eigenvalue weighted by Gasteiger charge is -2.26. The highest BCUT2D eigenvalue weighted by Crippen LogP contribution is 2.14. The van der Waals surface area contributed by atoms with Crippen LogP contribution in [0.1, 0.15) is 213 Å². The quantitative estimate of drug-likeness (QED) is 0.0614. The minimum absolute atomic E-state index is 1.03. The van der Waals surface area contributed by atoms with E-state index in [1.54, 1.807) is 0 Å². The summed E-state index contributed by atoms with van der Waals surface area (Å²) in [6.45, 7) is 10.3. The molecule has 0 radical (unpaired) electrons. The fraction of sp³-hybridized carbons (Fsp3) is 0.973. The average molecular weight is 581 g/mol. The molecule has 0 amide bonds. The van der Waals surface area contributed by atoms with Gasteiger partial charge in [-0.05, 0) is 31.5 Å². The van der Waals surface area contributed by atoms with Crippen LogP contribution >= 0.6 is 12.2 Å². The Labute approximate surface area is 260 Å². The summed E-state index contributed by atoms with van der Waals surface area (Å²) in [6.07, 6.45) is 42.0. The van der Waals surface area contributed by atoms with Crippen LogP contribution in [-0.4, -0.2) is 29.6 Å². The van der Waals surface area contributed by atoms with E-state index < -0.39 is 0 Å². The van der Waals surface area contributed by atoms with Crippen molar-refractivity contribution in [2.75, 3.05) is 19.6 Å². The minimum Gasteiger partial charge on any atom is -0.363 e. The zero-order valence-corrected chi connectivity index (χ0v) is 29.0. The van der Waals surface area contributed by atoms with Gasteiger partial charge in [-0.25, -0.2) is 0 Å². The second-order valence-corrected chi connectivity index (χ2v) is 13.2. The molecule has 0 aromatic heterocycles. The van der Waals surface area contributed by atoms with Crippen molar-refractivity contribution in [3.63, 3.8) is 0 Å². The van der Waals surface area contributed by atoms with Crippen LogP contribution in [-0.2, 0) is 0 Å². The van der Waals surface area contributed by atoms with Crippen molar-refractivity contribution >= 4 is 17.3 Å². The molecule has 0 aromatic carbocycles. The molecule has 0 rings (SSSR count). The third kappa shape index (κ3) is 30.6. The second kappa shape index (κ2) is 34.9. The molecule has 0 unspecified atom stereocenters. The average Bonchev–Trinajstić information content (AvgIpc) is 2.96. The monoisotopic (exact) mass is 581 g/mol. The van der Waals surface area contributed by atoms with Gasteiger partial charge in [0.25, 0.3) is 0 Å². The number of nitrogens with zero attached hydrogens (tertiary/aromatic N) is 1. The van der Waals surface area contributed by atoms with Crippen molar-refractivity contribution < 1.29 is 0 Å². The van der Waals surface area contributed by atoms with Gasteiger partial charge in [-0.15, -0.1) is 0 Å². The predicted octanol–water partition coefficient (Wildman–Crippen LogP) is 12.9. The van der Waals surface area contributed by atoms with Crippen LogP contribution in [0.2, 0.25) is 0 Å². The smallest absolute Gasteiger partial charge is 0.168 e. The van der Waals surface area contributed by atoms with Gasteiger partial charge in [-0.1, -0.05) is 194 Å². The highest BCUT2D eigenvalue weighted by atomic mass is 32.1. The number of hydrogen-bond acceptors (Lipinski definition) is 1. The van der Waals surface area contributed by atoms with Gasteiger partial charge in [0.1, 0.15) is 0 Å². The Hall–Kier alpha value is -0.310. The molecule has 3 heteroatoms. The largest absolute Gasteiger partial charge is 0.363 e. The van der Waals surface area contributed by atoms with Gasteiger partial charge in [0, 0.05) is 19.6 Å². The first-order valence-electron chi connectivity index (χ1n) is 18.8. The van der Waals surface area contributed by atoms with Crippen LogP contribution in [0.25, 0.3) is 0 Å². The van der Waals surface area contributed by atoms with E-state index in [9.17, 15) is 0 Å². The summed E-state index contributed by atoms with van der Waals surface area (Å²) >= 11 is 5.90. The number of unbranched alkanes of at least 4 members (excludes halogenated alkanes) is 27. The van der Waals surface area contributed by atoms with Crippen molar-refractivity contribution in [1.82, 2.24) is 10.2 Å². The SMILES string of the molecule is CCCCCCCCCCCCNC(=S)N(CCCCCCCCCCCC)CCCCCCCCCCCC. The third-order valence-corrected chi connectivity index (χ3v) is 9.06. The first kappa shape index (κ1) is 39.7. The molecule has 0 saturated carbocycles. The van der Waals surface area contributed by atoms with E-state index in [4.69, 9.17) is 12.2 Å². The lowest BCUT2D eigenvalue weighted by atomic mass is 10.1. The molecule has 0 aromatic rings. The van der Waals surface area contributed by atoms with Gasteiger partial charge in [-0.3, -0.25) is 0 Å². The van der Waals surface area contributed by atoms with Crippen molar-refractivity contribution in [3.8, 4) is 0 Å². The number of thiocarbonyl (C=S) groups is 1. The Morgan fingerprint density at radius 2 is 0.625 bits per heavy atom. The molecule has 240 valence electrons. The summed E-state index contributed by atoms with van der Waals surface area (Å²) in [4.78, 5) is 2.52. The van der Waals surface area contributed by atoms with E-state index in [2.05, 4.69) is 31.0 Å². The number of hydrogen-bond donors (Lipinski definition) is 1. The lowest BCUT2D eigenvalue weighted by Crippen LogP contribution is -2.41. The third-order valence-electron chi connectivity index (χ3n) is 8.66. The molecule has 0 aliphatic rings. The zero-order chi connectivity index (χ0) is 29.2. The van der Waals surface area contributed by atoms with E-state index in [0.29, 0.717) is 0 Å². The molecule has 0 aliphatic heterocycles. The fourth-order valence-corrected chi connectivity index (χ4v) is 6.10. The summed E-state index contributed by atoms with van der Waals surface area (Å²) in [5, 5.41) is 4.67. The highest BCUT2D eigenvalue weighted by Gasteiger charge is 2.09. The normalized spacial score (nSPS) is 11.3. The molecule has 2 nitrogen and oxygen atoms in total. The highest BCUT2D eigenvalue weighted by molar-refractivity contribution is 7.80. The first-order valence-corrected chi connectivity index (χ1v) is 19.2. The Morgan fingerprint density at radius 3 is 0.925 bits per heavy atom.